The fourth-order valence-corrected chi connectivity index (χ4v) is 5.12. The number of ether oxygens (including phenoxy) is 1. The molecule has 3 heterocycles. The van der Waals surface area contributed by atoms with Gasteiger partial charge in [0.15, 0.2) is 0 Å². The standard InChI is InChI=1S/C26H31N3O3/c1-2-22-18-29(23-9-5-6-10-24(23)32-22)26(31)27-14-12-20(13-15-27)25(30)28-16-11-19-7-3-4-8-21(19)17-28/h3-10,20,22H,2,11-18H2,1H3/t22-/m1/s1. The van der Waals surface area contributed by atoms with E-state index in [2.05, 4.69) is 25.1 Å². The van der Waals surface area contributed by atoms with E-state index in [-0.39, 0.29) is 24.0 Å². The van der Waals surface area contributed by atoms with Crippen LogP contribution in [0, 0.1) is 5.92 Å². The average molecular weight is 434 g/mol. The van der Waals surface area contributed by atoms with Gasteiger partial charge in [-0.25, -0.2) is 4.79 Å². The Morgan fingerprint density at radius 1 is 0.938 bits per heavy atom. The largest absolute Gasteiger partial charge is 0.486 e. The Bertz CT molecular complexity index is 999. The van der Waals surface area contributed by atoms with Crippen LogP contribution in [0.2, 0.25) is 0 Å². The molecule has 1 saturated heterocycles. The van der Waals surface area contributed by atoms with E-state index < -0.39 is 0 Å². The van der Waals surface area contributed by atoms with Gasteiger partial charge in [-0.05, 0) is 48.9 Å². The predicted molar refractivity (Wildman–Crippen MR) is 124 cm³/mol. The lowest BCUT2D eigenvalue weighted by Crippen LogP contribution is -2.52. The van der Waals surface area contributed by atoms with Crippen molar-refractivity contribution in [1.82, 2.24) is 9.80 Å². The van der Waals surface area contributed by atoms with Gasteiger partial charge in [0.05, 0.1) is 12.2 Å². The number of piperidine rings is 1. The molecule has 2 aromatic rings. The van der Waals surface area contributed by atoms with Gasteiger partial charge in [-0.3, -0.25) is 9.69 Å². The van der Waals surface area contributed by atoms with Gasteiger partial charge in [0.1, 0.15) is 11.9 Å². The molecular weight excluding hydrogens is 402 g/mol. The predicted octanol–water partition coefficient (Wildman–Crippen LogP) is 4.08. The summed E-state index contributed by atoms with van der Waals surface area (Å²) in [6, 6.07) is 16.2. The number of para-hydroxylation sites is 2. The fraction of sp³-hybridized carbons (Fsp3) is 0.462. The molecule has 32 heavy (non-hydrogen) atoms. The van der Waals surface area contributed by atoms with E-state index in [1.807, 2.05) is 45.0 Å². The molecule has 0 radical (unpaired) electrons. The Morgan fingerprint density at radius 3 is 2.44 bits per heavy atom. The van der Waals surface area contributed by atoms with Crippen LogP contribution in [0.5, 0.6) is 5.75 Å². The van der Waals surface area contributed by atoms with Crippen molar-refractivity contribution >= 4 is 17.6 Å². The summed E-state index contributed by atoms with van der Waals surface area (Å²) < 4.78 is 6.03. The molecule has 6 nitrogen and oxygen atoms in total. The van der Waals surface area contributed by atoms with E-state index >= 15 is 0 Å². The molecule has 2 aromatic carbocycles. The van der Waals surface area contributed by atoms with Crippen LogP contribution in [0.25, 0.3) is 0 Å². The second-order valence-corrected chi connectivity index (χ2v) is 9.05. The second kappa shape index (κ2) is 8.85. The van der Waals surface area contributed by atoms with Crippen LogP contribution in [0.3, 0.4) is 0 Å². The number of anilines is 1. The van der Waals surface area contributed by atoms with E-state index in [4.69, 9.17) is 4.74 Å². The molecule has 1 atom stereocenters. The maximum atomic E-state index is 13.4. The maximum absolute atomic E-state index is 13.4. The van der Waals surface area contributed by atoms with Crippen molar-refractivity contribution in [2.45, 2.75) is 45.3 Å². The second-order valence-electron chi connectivity index (χ2n) is 9.05. The van der Waals surface area contributed by atoms with Gasteiger partial charge in [0, 0.05) is 32.1 Å². The number of hydrogen-bond donors (Lipinski definition) is 0. The summed E-state index contributed by atoms with van der Waals surface area (Å²) >= 11 is 0. The Balaban J connectivity index is 1.21. The van der Waals surface area contributed by atoms with Crippen LogP contribution in [0.4, 0.5) is 10.5 Å². The molecule has 0 N–H and O–H groups in total. The van der Waals surface area contributed by atoms with Crippen molar-refractivity contribution in [3.8, 4) is 5.75 Å². The zero-order valence-electron chi connectivity index (χ0n) is 18.7. The Kier molecular flexibility index (Phi) is 5.77. The number of likely N-dealkylation sites (tertiary alicyclic amines) is 1. The highest BCUT2D eigenvalue weighted by atomic mass is 16.5. The summed E-state index contributed by atoms with van der Waals surface area (Å²) in [6.07, 6.45) is 3.25. The first-order valence-corrected chi connectivity index (χ1v) is 11.8. The maximum Gasteiger partial charge on any atom is 0.324 e. The third-order valence-electron chi connectivity index (χ3n) is 7.08. The van der Waals surface area contributed by atoms with Crippen molar-refractivity contribution in [2.24, 2.45) is 5.92 Å². The number of benzene rings is 2. The summed E-state index contributed by atoms with van der Waals surface area (Å²) in [5.74, 6) is 1.02. The highest BCUT2D eigenvalue weighted by Crippen LogP contribution is 2.35. The van der Waals surface area contributed by atoms with E-state index in [9.17, 15) is 9.59 Å². The van der Waals surface area contributed by atoms with Gasteiger partial charge < -0.3 is 14.5 Å². The SMILES string of the molecule is CC[C@@H]1CN(C(=O)N2CCC(C(=O)N3CCc4ccccc4C3)CC2)c2ccccc2O1. The average Bonchev–Trinajstić information content (AvgIpc) is 2.87. The summed E-state index contributed by atoms with van der Waals surface area (Å²) in [5, 5.41) is 0. The number of rotatable bonds is 2. The number of fused-ring (bicyclic) bond motifs is 2. The van der Waals surface area contributed by atoms with Gasteiger partial charge in [0.25, 0.3) is 0 Å². The third-order valence-corrected chi connectivity index (χ3v) is 7.08. The molecule has 0 aliphatic carbocycles. The summed E-state index contributed by atoms with van der Waals surface area (Å²) in [7, 11) is 0. The number of urea groups is 1. The van der Waals surface area contributed by atoms with Crippen LogP contribution in [-0.2, 0) is 17.8 Å². The zero-order valence-corrected chi connectivity index (χ0v) is 18.7. The van der Waals surface area contributed by atoms with Crippen molar-refractivity contribution < 1.29 is 14.3 Å². The molecule has 3 amide bonds. The summed E-state index contributed by atoms with van der Waals surface area (Å²) in [4.78, 5) is 32.3. The first-order chi connectivity index (χ1) is 15.6. The minimum absolute atomic E-state index is 0.00433. The van der Waals surface area contributed by atoms with Gasteiger partial charge in [-0.15, -0.1) is 0 Å². The molecule has 0 spiro atoms. The van der Waals surface area contributed by atoms with Crippen LogP contribution >= 0.6 is 0 Å². The van der Waals surface area contributed by atoms with Gasteiger partial charge in [-0.2, -0.15) is 0 Å². The molecule has 5 rings (SSSR count). The fourth-order valence-electron chi connectivity index (χ4n) is 5.12. The topological polar surface area (TPSA) is 53.1 Å². The molecule has 3 aliphatic rings. The number of hydrogen-bond acceptors (Lipinski definition) is 3. The minimum atomic E-state index is 0.00433. The normalized spacial score (nSPS) is 20.9. The lowest BCUT2D eigenvalue weighted by molar-refractivity contribution is -0.137. The Hall–Kier alpha value is -3.02. The smallest absolute Gasteiger partial charge is 0.324 e. The summed E-state index contributed by atoms with van der Waals surface area (Å²) in [5.41, 5.74) is 3.46. The first-order valence-electron chi connectivity index (χ1n) is 11.8. The third kappa shape index (κ3) is 3.94. The molecule has 0 saturated carbocycles. The quantitative estimate of drug-likeness (QED) is 0.717. The van der Waals surface area contributed by atoms with Crippen LogP contribution in [0.15, 0.2) is 48.5 Å². The van der Waals surface area contributed by atoms with Gasteiger partial charge in [-0.1, -0.05) is 43.3 Å². The van der Waals surface area contributed by atoms with Crippen molar-refractivity contribution in [3.05, 3.63) is 59.7 Å². The zero-order chi connectivity index (χ0) is 22.1. The minimum Gasteiger partial charge on any atom is -0.486 e. The summed E-state index contributed by atoms with van der Waals surface area (Å²) in [6.45, 7) is 5.39. The molecule has 3 aliphatic heterocycles. The highest BCUT2D eigenvalue weighted by Gasteiger charge is 2.35. The molecule has 0 aromatic heterocycles. The van der Waals surface area contributed by atoms with E-state index in [0.717, 1.165) is 43.7 Å². The molecule has 0 unspecified atom stereocenters. The number of carbonyl (C=O) groups is 2. The molecule has 6 heteroatoms. The molecule has 168 valence electrons. The van der Waals surface area contributed by atoms with E-state index in [0.29, 0.717) is 26.2 Å². The van der Waals surface area contributed by atoms with Crippen LogP contribution in [0.1, 0.15) is 37.3 Å². The van der Waals surface area contributed by atoms with Gasteiger partial charge in [0.2, 0.25) is 5.91 Å². The van der Waals surface area contributed by atoms with Crippen molar-refractivity contribution in [3.63, 3.8) is 0 Å². The van der Waals surface area contributed by atoms with Crippen molar-refractivity contribution in [2.75, 3.05) is 31.1 Å². The highest BCUT2D eigenvalue weighted by molar-refractivity contribution is 5.94. The molecule has 0 bridgehead atoms. The lowest BCUT2D eigenvalue weighted by Gasteiger charge is -2.40. The monoisotopic (exact) mass is 433 g/mol. The van der Waals surface area contributed by atoms with Crippen LogP contribution < -0.4 is 9.64 Å². The van der Waals surface area contributed by atoms with Gasteiger partial charge >= 0.3 is 6.03 Å². The number of amides is 3. The number of carbonyl (C=O) groups excluding carboxylic acids is 2. The van der Waals surface area contributed by atoms with E-state index in [1.165, 1.54) is 11.1 Å². The molecule has 1 fully saturated rings. The lowest BCUT2D eigenvalue weighted by atomic mass is 9.93. The van der Waals surface area contributed by atoms with E-state index in [1.54, 1.807) is 0 Å². The molecular formula is C26H31N3O3. The first kappa shape index (κ1) is 20.9. The Morgan fingerprint density at radius 2 is 1.66 bits per heavy atom. The van der Waals surface area contributed by atoms with Crippen molar-refractivity contribution in [1.29, 1.82) is 0 Å². The Labute approximate surface area is 189 Å². The number of nitrogens with zero attached hydrogens (tertiary/aromatic N) is 3. The van der Waals surface area contributed by atoms with Crippen LogP contribution in [-0.4, -0.2) is 54.0 Å².